The molecule has 0 aliphatic carbocycles. The van der Waals surface area contributed by atoms with Crippen LogP contribution in [0.25, 0.3) is 10.9 Å². The minimum Gasteiger partial charge on any atom is -0.465 e. The van der Waals surface area contributed by atoms with Crippen molar-refractivity contribution in [3.63, 3.8) is 0 Å². The van der Waals surface area contributed by atoms with Crippen LogP contribution in [-0.2, 0) is 4.74 Å². The van der Waals surface area contributed by atoms with Crippen LogP contribution in [0.3, 0.4) is 0 Å². The number of carbonyl (C=O) groups excluding carboxylic acids is 1. The van der Waals surface area contributed by atoms with Crippen molar-refractivity contribution in [3.05, 3.63) is 65.6 Å². The van der Waals surface area contributed by atoms with E-state index in [1.54, 1.807) is 13.0 Å². The molecule has 0 atom stereocenters. The first-order chi connectivity index (χ1) is 11.1. The van der Waals surface area contributed by atoms with E-state index in [4.69, 9.17) is 4.74 Å². The molecule has 1 heterocycles. The Bertz CT molecular complexity index is 879. The van der Waals surface area contributed by atoms with E-state index in [0.29, 0.717) is 27.7 Å². The highest BCUT2D eigenvalue weighted by Gasteiger charge is 2.17. The molecule has 0 unspecified atom stereocenters. The molecule has 0 saturated heterocycles. The second-order valence-electron chi connectivity index (χ2n) is 5.15. The lowest BCUT2D eigenvalue weighted by Crippen LogP contribution is -2.07. The van der Waals surface area contributed by atoms with Gasteiger partial charge < -0.3 is 10.1 Å². The number of para-hydroxylation sites is 1. The number of fused-ring (bicyclic) bond motifs is 1. The Morgan fingerprint density at radius 3 is 2.65 bits per heavy atom. The molecule has 3 aromatic rings. The van der Waals surface area contributed by atoms with Gasteiger partial charge in [0.1, 0.15) is 11.4 Å². The molecule has 5 heteroatoms. The maximum atomic E-state index is 13.8. The average Bonchev–Trinajstić information content (AvgIpc) is 2.57. The third-order valence-electron chi connectivity index (χ3n) is 3.60. The molecule has 0 amide bonds. The van der Waals surface area contributed by atoms with E-state index in [9.17, 15) is 9.18 Å². The number of benzene rings is 2. The quantitative estimate of drug-likeness (QED) is 0.736. The standard InChI is InChI=1S/C18H15FN2O2/c1-11-8-13-16(9-15(11)19)20-10-14(18(22)23-2)17(13)21-12-6-4-3-5-7-12/h3-10H,1-2H3,(H,20,21). The van der Waals surface area contributed by atoms with E-state index in [-0.39, 0.29) is 5.82 Å². The zero-order chi connectivity index (χ0) is 16.4. The van der Waals surface area contributed by atoms with Crippen LogP contribution >= 0.6 is 0 Å². The van der Waals surface area contributed by atoms with Gasteiger partial charge in [-0.2, -0.15) is 0 Å². The van der Waals surface area contributed by atoms with Crippen molar-refractivity contribution in [3.8, 4) is 0 Å². The van der Waals surface area contributed by atoms with Gasteiger partial charge in [-0.3, -0.25) is 4.98 Å². The average molecular weight is 310 g/mol. The van der Waals surface area contributed by atoms with E-state index >= 15 is 0 Å². The summed E-state index contributed by atoms with van der Waals surface area (Å²) in [5.74, 6) is -0.832. The highest BCUT2D eigenvalue weighted by Crippen LogP contribution is 2.31. The zero-order valence-corrected chi connectivity index (χ0v) is 12.8. The van der Waals surface area contributed by atoms with Crippen LogP contribution in [0, 0.1) is 12.7 Å². The first-order valence-corrected chi connectivity index (χ1v) is 7.09. The summed E-state index contributed by atoms with van der Waals surface area (Å²) >= 11 is 0. The van der Waals surface area contributed by atoms with Crippen molar-refractivity contribution in [1.29, 1.82) is 0 Å². The van der Waals surface area contributed by atoms with Crippen LogP contribution < -0.4 is 5.32 Å². The van der Waals surface area contributed by atoms with Crippen molar-refractivity contribution in [2.75, 3.05) is 12.4 Å². The molecule has 0 spiro atoms. The molecule has 23 heavy (non-hydrogen) atoms. The largest absolute Gasteiger partial charge is 0.465 e. The third-order valence-corrected chi connectivity index (χ3v) is 3.60. The summed E-state index contributed by atoms with van der Waals surface area (Å²) in [6.45, 7) is 1.67. The van der Waals surface area contributed by atoms with Crippen molar-refractivity contribution in [1.82, 2.24) is 4.98 Å². The topological polar surface area (TPSA) is 51.2 Å². The smallest absolute Gasteiger partial charge is 0.341 e. The SMILES string of the molecule is COC(=O)c1cnc2cc(F)c(C)cc2c1Nc1ccccc1. The summed E-state index contributed by atoms with van der Waals surface area (Å²) < 4.78 is 18.6. The van der Waals surface area contributed by atoms with Crippen LogP contribution in [0.15, 0.2) is 48.7 Å². The molecule has 1 N–H and O–H groups in total. The molecule has 4 nitrogen and oxygen atoms in total. The fourth-order valence-corrected chi connectivity index (χ4v) is 2.39. The first kappa shape index (κ1) is 15.0. The van der Waals surface area contributed by atoms with Crippen molar-refractivity contribution in [2.24, 2.45) is 0 Å². The van der Waals surface area contributed by atoms with E-state index in [0.717, 1.165) is 5.69 Å². The molecule has 0 radical (unpaired) electrons. The molecule has 3 rings (SSSR count). The number of methoxy groups -OCH3 is 1. The molecular formula is C18H15FN2O2. The highest BCUT2D eigenvalue weighted by atomic mass is 19.1. The molecule has 116 valence electrons. The number of nitrogens with zero attached hydrogens (tertiary/aromatic N) is 1. The number of hydrogen-bond donors (Lipinski definition) is 1. The summed E-state index contributed by atoms with van der Waals surface area (Å²) in [5.41, 5.74) is 2.62. The number of halogens is 1. The van der Waals surface area contributed by atoms with Gasteiger partial charge in [-0.05, 0) is 30.7 Å². The number of rotatable bonds is 3. The first-order valence-electron chi connectivity index (χ1n) is 7.09. The van der Waals surface area contributed by atoms with Crippen LogP contribution in [0.1, 0.15) is 15.9 Å². The van der Waals surface area contributed by atoms with Gasteiger partial charge in [0, 0.05) is 23.3 Å². The molecule has 0 aliphatic heterocycles. The van der Waals surface area contributed by atoms with Crippen molar-refractivity contribution in [2.45, 2.75) is 6.92 Å². The Labute approximate surface area is 132 Å². The van der Waals surface area contributed by atoms with Gasteiger partial charge in [-0.1, -0.05) is 18.2 Å². The van der Waals surface area contributed by atoms with Gasteiger partial charge in [0.2, 0.25) is 0 Å². The number of aromatic nitrogens is 1. The lowest BCUT2D eigenvalue weighted by Gasteiger charge is -2.14. The van der Waals surface area contributed by atoms with Crippen molar-refractivity contribution < 1.29 is 13.9 Å². The Morgan fingerprint density at radius 1 is 1.22 bits per heavy atom. The maximum Gasteiger partial charge on any atom is 0.341 e. The van der Waals surface area contributed by atoms with Crippen LogP contribution in [0.4, 0.5) is 15.8 Å². The summed E-state index contributed by atoms with van der Waals surface area (Å²) in [6.07, 6.45) is 1.40. The van der Waals surface area contributed by atoms with Crippen LogP contribution in [0.2, 0.25) is 0 Å². The summed E-state index contributed by atoms with van der Waals surface area (Å²) in [6, 6.07) is 12.5. The van der Waals surface area contributed by atoms with Crippen LogP contribution in [-0.4, -0.2) is 18.1 Å². The van der Waals surface area contributed by atoms with E-state index in [1.165, 1.54) is 19.4 Å². The predicted molar refractivity (Wildman–Crippen MR) is 87.5 cm³/mol. The zero-order valence-electron chi connectivity index (χ0n) is 12.8. The van der Waals surface area contributed by atoms with Crippen LogP contribution in [0.5, 0.6) is 0 Å². The highest BCUT2D eigenvalue weighted by molar-refractivity contribution is 6.06. The molecule has 0 fully saturated rings. The molecular weight excluding hydrogens is 295 g/mol. The van der Waals surface area contributed by atoms with Gasteiger partial charge >= 0.3 is 5.97 Å². The predicted octanol–water partition coefficient (Wildman–Crippen LogP) is 4.21. The van der Waals surface area contributed by atoms with E-state index in [2.05, 4.69) is 10.3 Å². The van der Waals surface area contributed by atoms with E-state index < -0.39 is 5.97 Å². The summed E-state index contributed by atoms with van der Waals surface area (Å²) in [7, 11) is 1.31. The number of ether oxygens (including phenoxy) is 1. The molecule has 1 aromatic heterocycles. The number of aryl methyl sites for hydroxylation is 1. The summed E-state index contributed by atoms with van der Waals surface area (Å²) in [4.78, 5) is 16.2. The van der Waals surface area contributed by atoms with Gasteiger partial charge in [0.15, 0.2) is 0 Å². The molecule has 2 aromatic carbocycles. The monoisotopic (exact) mass is 310 g/mol. The number of carbonyl (C=O) groups is 1. The van der Waals surface area contributed by atoms with E-state index in [1.807, 2.05) is 30.3 Å². The fraction of sp³-hybridized carbons (Fsp3) is 0.111. The maximum absolute atomic E-state index is 13.8. The normalized spacial score (nSPS) is 10.6. The molecule has 0 bridgehead atoms. The number of esters is 1. The molecule has 0 aliphatic rings. The number of hydrogen-bond acceptors (Lipinski definition) is 4. The second kappa shape index (κ2) is 6.04. The van der Waals surface area contributed by atoms with Gasteiger partial charge in [0.05, 0.1) is 18.3 Å². The van der Waals surface area contributed by atoms with Gasteiger partial charge in [-0.15, -0.1) is 0 Å². The fourth-order valence-electron chi connectivity index (χ4n) is 2.39. The lowest BCUT2D eigenvalue weighted by atomic mass is 10.1. The Hall–Kier alpha value is -2.95. The Morgan fingerprint density at radius 2 is 1.96 bits per heavy atom. The Balaban J connectivity index is 2.24. The molecule has 0 saturated carbocycles. The second-order valence-corrected chi connectivity index (χ2v) is 5.15. The minimum atomic E-state index is -0.500. The van der Waals surface area contributed by atoms with Gasteiger partial charge in [-0.25, -0.2) is 9.18 Å². The number of nitrogens with one attached hydrogen (secondary N) is 1. The lowest BCUT2D eigenvalue weighted by molar-refractivity contribution is 0.0601. The Kier molecular flexibility index (Phi) is 3.93. The van der Waals surface area contributed by atoms with Crippen molar-refractivity contribution >= 4 is 28.2 Å². The van der Waals surface area contributed by atoms with Gasteiger partial charge in [0.25, 0.3) is 0 Å². The number of anilines is 2. The summed E-state index contributed by atoms with van der Waals surface area (Å²) in [5, 5.41) is 3.88. The number of pyridine rings is 1. The third kappa shape index (κ3) is 2.85. The minimum absolute atomic E-state index is 0.301.